The standard InChI is InChI=1S/C20H20N2O3/c1-15-7-6-8-16(2)20(15)25-14-19(23)24-13-17-11-12-22(21-17)18-9-4-3-5-10-18/h3-12H,13-14H2,1-2H3. The highest BCUT2D eigenvalue weighted by atomic mass is 16.6. The van der Waals surface area contributed by atoms with Gasteiger partial charge >= 0.3 is 5.97 Å². The fourth-order valence-electron chi connectivity index (χ4n) is 2.52. The highest BCUT2D eigenvalue weighted by Gasteiger charge is 2.09. The van der Waals surface area contributed by atoms with Gasteiger partial charge < -0.3 is 9.47 Å². The second-order valence-electron chi connectivity index (χ2n) is 5.76. The molecule has 0 radical (unpaired) electrons. The third kappa shape index (κ3) is 4.26. The Bertz CT molecular complexity index is 836. The minimum Gasteiger partial charge on any atom is -0.481 e. The van der Waals surface area contributed by atoms with Crippen LogP contribution in [0.5, 0.6) is 5.75 Å². The second-order valence-corrected chi connectivity index (χ2v) is 5.76. The summed E-state index contributed by atoms with van der Waals surface area (Å²) in [7, 11) is 0. The molecule has 1 heterocycles. The molecular formula is C20H20N2O3. The van der Waals surface area contributed by atoms with Crippen LogP contribution in [0.2, 0.25) is 0 Å². The Hall–Kier alpha value is -3.08. The lowest BCUT2D eigenvalue weighted by Gasteiger charge is -2.11. The summed E-state index contributed by atoms with van der Waals surface area (Å²) in [4.78, 5) is 11.9. The van der Waals surface area contributed by atoms with E-state index >= 15 is 0 Å². The normalized spacial score (nSPS) is 10.5. The van der Waals surface area contributed by atoms with Crippen molar-refractivity contribution in [2.45, 2.75) is 20.5 Å². The van der Waals surface area contributed by atoms with Crippen molar-refractivity contribution in [3.63, 3.8) is 0 Å². The van der Waals surface area contributed by atoms with E-state index in [-0.39, 0.29) is 13.2 Å². The topological polar surface area (TPSA) is 53.4 Å². The fraction of sp³-hybridized carbons (Fsp3) is 0.200. The van der Waals surface area contributed by atoms with Gasteiger partial charge in [0.1, 0.15) is 18.1 Å². The highest BCUT2D eigenvalue weighted by molar-refractivity contribution is 5.71. The molecule has 2 aromatic carbocycles. The fourth-order valence-corrected chi connectivity index (χ4v) is 2.52. The zero-order valence-electron chi connectivity index (χ0n) is 14.3. The molecule has 0 amide bonds. The first-order chi connectivity index (χ1) is 12.1. The molecule has 0 saturated heterocycles. The number of hydrogen-bond donors (Lipinski definition) is 0. The number of ether oxygens (including phenoxy) is 2. The van der Waals surface area contributed by atoms with E-state index in [0.717, 1.165) is 22.6 Å². The maximum Gasteiger partial charge on any atom is 0.344 e. The molecule has 0 aliphatic carbocycles. The van der Waals surface area contributed by atoms with E-state index in [0.29, 0.717) is 5.69 Å². The summed E-state index contributed by atoms with van der Waals surface area (Å²) >= 11 is 0. The van der Waals surface area contributed by atoms with Crippen LogP contribution in [0.15, 0.2) is 60.8 Å². The van der Waals surface area contributed by atoms with Gasteiger partial charge in [0.2, 0.25) is 0 Å². The summed E-state index contributed by atoms with van der Waals surface area (Å²) in [6, 6.07) is 17.4. The maximum atomic E-state index is 11.9. The van der Waals surface area contributed by atoms with Gasteiger partial charge in [-0.25, -0.2) is 9.48 Å². The highest BCUT2D eigenvalue weighted by Crippen LogP contribution is 2.22. The molecule has 0 aliphatic rings. The molecule has 128 valence electrons. The summed E-state index contributed by atoms with van der Waals surface area (Å²) in [5.74, 6) is 0.310. The smallest absolute Gasteiger partial charge is 0.344 e. The first kappa shape index (κ1) is 16.8. The van der Waals surface area contributed by atoms with Crippen LogP contribution in [0.3, 0.4) is 0 Å². The van der Waals surface area contributed by atoms with Crippen molar-refractivity contribution in [2.24, 2.45) is 0 Å². The summed E-state index contributed by atoms with van der Waals surface area (Å²) in [6.07, 6.45) is 1.84. The molecule has 0 fully saturated rings. The monoisotopic (exact) mass is 336 g/mol. The van der Waals surface area contributed by atoms with E-state index in [1.807, 2.05) is 74.6 Å². The van der Waals surface area contributed by atoms with Gasteiger partial charge in [0, 0.05) is 6.20 Å². The Morgan fingerprint density at radius 1 is 1.00 bits per heavy atom. The largest absolute Gasteiger partial charge is 0.481 e. The number of rotatable bonds is 6. The van der Waals surface area contributed by atoms with E-state index in [2.05, 4.69) is 5.10 Å². The Kier molecular flexibility index (Phi) is 5.14. The van der Waals surface area contributed by atoms with E-state index < -0.39 is 5.97 Å². The van der Waals surface area contributed by atoms with Crippen LogP contribution >= 0.6 is 0 Å². The minimum absolute atomic E-state index is 0.120. The molecule has 0 spiro atoms. The van der Waals surface area contributed by atoms with Crippen LogP contribution in [0.4, 0.5) is 0 Å². The van der Waals surface area contributed by atoms with Gasteiger partial charge in [0.25, 0.3) is 0 Å². The van der Waals surface area contributed by atoms with Crippen LogP contribution in [0.1, 0.15) is 16.8 Å². The summed E-state index contributed by atoms with van der Waals surface area (Å²) in [5.41, 5.74) is 3.63. The molecule has 0 aliphatic heterocycles. The van der Waals surface area contributed by atoms with E-state index in [4.69, 9.17) is 9.47 Å². The Balaban J connectivity index is 1.52. The van der Waals surface area contributed by atoms with E-state index in [1.54, 1.807) is 4.68 Å². The molecule has 0 saturated carbocycles. The summed E-state index contributed by atoms with van der Waals surface area (Å²) < 4.78 is 12.6. The van der Waals surface area contributed by atoms with Crippen LogP contribution in [-0.2, 0) is 16.1 Å². The van der Waals surface area contributed by atoms with Crippen molar-refractivity contribution in [2.75, 3.05) is 6.61 Å². The van der Waals surface area contributed by atoms with Gasteiger partial charge in [-0.05, 0) is 43.2 Å². The Morgan fingerprint density at radius 2 is 1.72 bits per heavy atom. The first-order valence-corrected chi connectivity index (χ1v) is 8.08. The Morgan fingerprint density at radius 3 is 2.44 bits per heavy atom. The SMILES string of the molecule is Cc1cccc(C)c1OCC(=O)OCc1ccn(-c2ccccc2)n1. The van der Waals surface area contributed by atoms with Gasteiger partial charge in [-0.1, -0.05) is 36.4 Å². The molecule has 0 N–H and O–H groups in total. The predicted molar refractivity (Wildman–Crippen MR) is 94.8 cm³/mol. The average Bonchev–Trinajstić information content (AvgIpc) is 3.09. The molecule has 5 heteroatoms. The molecule has 1 aromatic heterocycles. The van der Waals surface area contributed by atoms with Gasteiger partial charge in [0.15, 0.2) is 6.61 Å². The lowest BCUT2D eigenvalue weighted by atomic mass is 10.1. The predicted octanol–water partition coefficient (Wildman–Crippen LogP) is 3.61. The first-order valence-electron chi connectivity index (χ1n) is 8.08. The maximum absolute atomic E-state index is 11.9. The second kappa shape index (κ2) is 7.66. The lowest BCUT2D eigenvalue weighted by Crippen LogP contribution is -2.15. The van der Waals surface area contributed by atoms with Crippen molar-refractivity contribution in [1.29, 1.82) is 0 Å². The number of aromatic nitrogens is 2. The molecular weight excluding hydrogens is 316 g/mol. The number of para-hydroxylation sites is 2. The van der Waals surface area contributed by atoms with Crippen LogP contribution in [0, 0.1) is 13.8 Å². The van der Waals surface area contributed by atoms with Crippen molar-refractivity contribution in [1.82, 2.24) is 9.78 Å². The summed E-state index contributed by atoms with van der Waals surface area (Å²) in [5, 5.41) is 4.40. The number of hydrogen-bond acceptors (Lipinski definition) is 4. The molecule has 3 rings (SSSR count). The lowest BCUT2D eigenvalue weighted by molar-refractivity contribution is -0.147. The average molecular weight is 336 g/mol. The van der Waals surface area contributed by atoms with Crippen molar-refractivity contribution < 1.29 is 14.3 Å². The molecule has 25 heavy (non-hydrogen) atoms. The number of esters is 1. The zero-order chi connectivity index (χ0) is 17.6. The molecule has 0 bridgehead atoms. The number of carbonyl (C=O) groups is 1. The van der Waals surface area contributed by atoms with Gasteiger partial charge in [-0.15, -0.1) is 0 Å². The third-order valence-corrected chi connectivity index (χ3v) is 3.79. The number of nitrogens with zero attached hydrogens (tertiary/aromatic N) is 2. The van der Waals surface area contributed by atoms with Gasteiger partial charge in [0.05, 0.1) is 5.69 Å². The third-order valence-electron chi connectivity index (χ3n) is 3.79. The number of carbonyl (C=O) groups excluding carboxylic acids is 1. The van der Waals surface area contributed by atoms with Crippen LogP contribution in [-0.4, -0.2) is 22.4 Å². The zero-order valence-corrected chi connectivity index (χ0v) is 14.3. The van der Waals surface area contributed by atoms with Crippen molar-refractivity contribution in [3.05, 3.63) is 77.6 Å². The number of benzene rings is 2. The van der Waals surface area contributed by atoms with Crippen molar-refractivity contribution in [3.8, 4) is 11.4 Å². The Labute approximate surface area is 146 Å². The van der Waals surface area contributed by atoms with Gasteiger partial charge in [-0.3, -0.25) is 0 Å². The minimum atomic E-state index is -0.420. The van der Waals surface area contributed by atoms with Crippen LogP contribution in [0.25, 0.3) is 5.69 Å². The van der Waals surface area contributed by atoms with E-state index in [1.165, 1.54) is 0 Å². The molecule has 3 aromatic rings. The molecule has 0 atom stereocenters. The van der Waals surface area contributed by atoms with Crippen molar-refractivity contribution >= 4 is 5.97 Å². The summed E-state index contributed by atoms with van der Waals surface area (Å²) in [6.45, 7) is 3.90. The van der Waals surface area contributed by atoms with Crippen LogP contribution < -0.4 is 4.74 Å². The molecule has 5 nitrogen and oxygen atoms in total. The number of aryl methyl sites for hydroxylation is 2. The van der Waals surface area contributed by atoms with E-state index in [9.17, 15) is 4.79 Å². The van der Waals surface area contributed by atoms with Gasteiger partial charge in [-0.2, -0.15) is 5.10 Å². The molecule has 0 unspecified atom stereocenters. The quantitative estimate of drug-likeness (QED) is 0.645.